The molecule has 2 N–H and O–H groups in total. The maximum atomic E-state index is 12.6. The van der Waals surface area contributed by atoms with Crippen LogP contribution in [0.15, 0.2) is 76.8 Å². The van der Waals surface area contributed by atoms with Gasteiger partial charge in [-0.1, -0.05) is 18.2 Å². The molecule has 0 aliphatic carbocycles. The van der Waals surface area contributed by atoms with Crippen molar-refractivity contribution in [2.24, 2.45) is 0 Å². The highest BCUT2D eigenvalue weighted by molar-refractivity contribution is 5.95. The number of rotatable bonds is 7. The third-order valence-electron chi connectivity index (χ3n) is 4.66. The standard InChI is InChI=1S/C22H20N4O6/c1-2-30-21(28)18-16(24-22(29)25-19(18)17-9-6-10-31-17)13-32-20(27)14-11-23-26(12-14)15-7-4-3-5-8-15/h3-12,19H,2,13H2,1H3,(H2,24,25,29)/t19-/m0/s1. The first-order valence-corrected chi connectivity index (χ1v) is 9.85. The highest BCUT2D eigenvalue weighted by Crippen LogP contribution is 2.28. The van der Waals surface area contributed by atoms with E-state index in [1.165, 1.54) is 18.7 Å². The molecule has 10 heteroatoms. The van der Waals surface area contributed by atoms with Gasteiger partial charge in [0.1, 0.15) is 18.4 Å². The number of nitrogens with one attached hydrogen (secondary N) is 2. The van der Waals surface area contributed by atoms with Crippen LogP contribution in [0.5, 0.6) is 0 Å². The van der Waals surface area contributed by atoms with Crippen molar-refractivity contribution >= 4 is 18.0 Å². The lowest BCUT2D eigenvalue weighted by atomic mass is 10.0. The highest BCUT2D eigenvalue weighted by atomic mass is 16.5. The number of nitrogens with zero attached hydrogens (tertiary/aromatic N) is 2. The van der Waals surface area contributed by atoms with Gasteiger partial charge in [0.25, 0.3) is 0 Å². The molecule has 164 valence electrons. The molecule has 0 spiro atoms. The molecule has 1 aliphatic rings. The molecule has 0 radical (unpaired) electrons. The fourth-order valence-corrected chi connectivity index (χ4v) is 3.22. The van der Waals surface area contributed by atoms with Crippen molar-refractivity contribution in [1.82, 2.24) is 20.4 Å². The highest BCUT2D eigenvalue weighted by Gasteiger charge is 2.35. The number of benzene rings is 1. The molecule has 10 nitrogen and oxygen atoms in total. The second kappa shape index (κ2) is 9.21. The van der Waals surface area contributed by atoms with Gasteiger partial charge >= 0.3 is 18.0 Å². The lowest BCUT2D eigenvalue weighted by molar-refractivity contribution is -0.139. The van der Waals surface area contributed by atoms with Gasteiger partial charge in [-0.25, -0.2) is 19.1 Å². The molecule has 2 amide bonds. The number of hydrogen-bond acceptors (Lipinski definition) is 7. The van der Waals surface area contributed by atoms with E-state index in [1.54, 1.807) is 23.7 Å². The predicted octanol–water partition coefficient (Wildman–Crippen LogP) is 2.49. The average molecular weight is 436 g/mol. The maximum absolute atomic E-state index is 12.6. The Balaban J connectivity index is 1.56. The van der Waals surface area contributed by atoms with Crippen molar-refractivity contribution in [1.29, 1.82) is 0 Å². The summed E-state index contributed by atoms with van der Waals surface area (Å²) in [5, 5.41) is 9.31. The Morgan fingerprint density at radius 3 is 2.66 bits per heavy atom. The van der Waals surface area contributed by atoms with Gasteiger partial charge in [0.2, 0.25) is 0 Å². The molecule has 0 unspecified atom stereocenters. The Morgan fingerprint density at radius 2 is 1.94 bits per heavy atom. The SMILES string of the molecule is CCOC(=O)C1=C(COC(=O)c2cnn(-c3ccccc3)c2)NC(=O)N[C@H]1c1ccco1. The van der Waals surface area contributed by atoms with E-state index < -0.39 is 24.0 Å². The number of carbonyl (C=O) groups excluding carboxylic acids is 3. The van der Waals surface area contributed by atoms with E-state index >= 15 is 0 Å². The third-order valence-corrected chi connectivity index (χ3v) is 4.66. The first-order chi connectivity index (χ1) is 15.6. The molecule has 1 aliphatic heterocycles. The molecule has 3 heterocycles. The topological polar surface area (TPSA) is 125 Å². The lowest BCUT2D eigenvalue weighted by Crippen LogP contribution is -2.47. The number of amides is 2. The van der Waals surface area contributed by atoms with Gasteiger partial charge in [-0.15, -0.1) is 0 Å². The van der Waals surface area contributed by atoms with E-state index in [0.29, 0.717) is 5.76 Å². The van der Waals surface area contributed by atoms with Crippen LogP contribution in [0.2, 0.25) is 0 Å². The van der Waals surface area contributed by atoms with Crippen LogP contribution >= 0.6 is 0 Å². The molecular formula is C22H20N4O6. The lowest BCUT2D eigenvalue weighted by Gasteiger charge is -2.27. The molecule has 1 aromatic carbocycles. The van der Waals surface area contributed by atoms with Crippen LogP contribution in [-0.4, -0.2) is 41.0 Å². The van der Waals surface area contributed by atoms with Crippen molar-refractivity contribution in [2.45, 2.75) is 13.0 Å². The fraction of sp³-hybridized carbons (Fsp3) is 0.182. The fourth-order valence-electron chi connectivity index (χ4n) is 3.22. The number of aromatic nitrogens is 2. The number of ether oxygens (including phenoxy) is 2. The summed E-state index contributed by atoms with van der Waals surface area (Å²) in [7, 11) is 0. The van der Waals surface area contributed by atoms with Crippen LogP contribution in [0.3, 0.4) is 0 Å². The van der Waals surface area contributed by atoms with Crippen LogP contribution in [0.25, 0.3) is 5.69 Å². The number of urea groups is 1. The van der Waals surface area contributed by atoms with Crippen molar-refractivity contribution in [2.75, 3.05) is 13.2 Å². The zero-order valence-electron chi connectivity index (χ0n) is 17.1. The Kier molecular flexibility index (Phi) is 6.02. The zero-order valence-corrected chi connectivity index (χ0v) is 17.1. The largest absolute Gasteiger partial charge is 0.467 e. The molecule has 4 rings (SSSR count). The Morgan fingerprint density at radius 1 is 1.12 bits per heavy atom. The Labute approximate surface area is 182 Å². The summed E-state index contributed by atoms with van der Waals surface area (Å²) in [4.78, 5) is 37.4. The molecule has 0 fully saturated rings. The van der Waals surface area contributed by atoms with Gasteiger partial charge in [-0.2, -0.15) is 5.10 Å². The monoisotopic (exact) mass is 436 g/mol. The first-order valence-electron chi connectivity index (χ1n) is 9.85. The van der Waals surface area contributed by atoms with Crippen molar-refractivity contribution < 1.29 is 28.3 Å². The minimum atomic E-state index is -0.882. The quantitative estimate of drug-likeness (QED) is 0.545. The molecule has 1 atom stereocenters. The number of esters is 2. The number of hydrogen-bond donors (Lipinski definition) is 2. The third kappa shape index (κ3) is 4.38. The molecule has 3 aromatic rings. The van der Waals surface area contributed by atoms with E-state index in [4.69, 9.17) is 13.9 Å². The summed E-state index contributed by atoms with van der Waals surface area (Å²) in [5.74, 6) is -0.981. The van der Waals surface area contributed by atoms with Gasteiger partial charge in [-0.3, -0.25) is 0 Å². The van der Waals surface area contributed by atoms with Crippen LogP contribution in [0.4, 0.5) is 4.79 Å². The molecule has 32 heavy (non-hydrogen) atoms. The Bertz CT molecular complexity index is 1150. The van der Waals surface area contributed by atoms with Gasteiger partial charge < -0.3 is 24.5 Å². The summed E-state index contributed by atoms with van der Waals surface area (Å²) in [5.41, 5.74) is 1.20. The van der Waals surface area contributed by atoms with Gasteiger partial charge in [0.15, 0.2) is 0 Å². The molecule has 0 saturated heterocycles. The summed E-state index contributed by atoms with van der Waals surface area (Å²) < 4.78 is 17.4. The number of para-hydroxylation sites is 1. The molecule has 0 saturated carbocycles. The summed E-state index contributed by atoms with van der Waals surface area (Å²) in [6.45, 7) is 1.44. The summed E-state index contributed by atoms with van der Waals surface area (Å²) in [6, 6.07) is 11.1. The van der Waals surface area contributed by atoms with E-state index in [0.717, 1.165) is 5.69 Å². The second-order valence-electron chi connectivity index (χ2n) is 6.74. The first kappa shape index (κ1) is 20.9. The van der Waals surface area contributed by atoms with Crippen LogP contribution < -0.4 is 10.6 Å². The zero-order chi connectivity index (χ0) is 22.5. The van der Waals surface area contributed by atoms with E-state index in [2.05, 4.69) is 15.7 Å². The maximum Gasteiger partial charge on any atom is 0.341 e. The van der Waals surface area contributed by atoms with Gasteiger partial charge in [-0.05, 0) is 31.2 Å². The molecule has 0 bridgehead atoms. The van der Waals surface area contributed by atoms with E-state index in [1.807, 2.05) is 30.3 Å². The van der Waals surface area contributed by atoms with Crippen LogP contribution in [0, 0.1) is 0 Å². The minimum absolute atomic E-state index is 0.0918. The van der Waals surface area contributed by atoms with E-state index in [9.17, 15) is 14.4 Å². The Hall–Kier alpha value is -4.34. The summed E-state index contributed by atoms with van der Waals surface area (Å²) >= 11 is 0. The summed E-state index contributed by atoms with van der Waals surface area (Å²) in [6.07, 6.45) is 4.34. The molecular weight excluding hydrogens is 416 g/mol. The smallest absolute Gasteiger partial charge is 0.341 e. The van der Waals surface area contributed by atoms with Crippen molar-refractivity contribution in [3.8, 4) is 5.69 Å². The number of furan rings is 1. The van der Waals surface area contributed by atoms with Crippen LogP contribution in [-0.2, 0) is 14.3 Å². The number of carbonyl (C=O) groups is 3. The minimum Gasteiger partial charge on any atom is -0.467 e. The van der Waals surface area contributed by atoms with Gasteiger partial charge in [0, 0.05) is 6.20 Å². The molecule has 2 aromatic heterocycles. The van der Waals surface area contributed by atoms with Crippen LogP contribution in [0.1, 0.15) is 29.1 Å². The normalized spacial score (nSPS) is 15.7. The van der Waals surface area contributed by atoms with Crippen molar-refractivity contribution in [3.63, 3.8) is 0 Å². The van der Waals surface area contributed by atoms with Gasteiger partial charge in [0.05, 0.1) is 41.6 Å². The average Bonchev–Trinajstić information content (AvgIpc) is 3.50. The second-order valence-corrected chi connectivity index (χ2v) is 6.74. The predicted molar refractivity (Wildman–Crippen MR) is 111 cm³/mol. The van der Waals surface area contributed by atoms with Crippen molar-refractivity contribution in [3.05, 3.63) is 83.7 Å². The van der Waals surface area contributed by atoms with E-state index in [-0.39, 0.29) is 30.0 Å².